The van der Waals surface area contributed by atoms with E-state index in [2.05, 4.69) is 0 Å². The molecule has 1 amide bonds. The highest BCUT2D eigenvalue weighted by Gasteiger charge is 2.01. The van der Waals surface area contributed by atoms with Crippen molar-refractivity contribution in [2.24, 2.45) is 5.73 Å². The van der Waals surface area contributed by atoms with Gasteiger partial charge in [0.15, 0.2) is 0 Å². The summed E-state index contributed by atoms with van der Waals surface area (Å²) < 4.78 is 4.99. The van der Waals surface area contributed by atoms with Crippen molar-refractivity contribution in [3.8, 4) is 0 Å². The van der Waals surface area contributed by atoms with Crippen LogP contribution in [0.2, 0.25) is 0 Å². The molecule has 0 aliphatic heterocycles. The lowest BCUT2D eigenvalue weighted by molar-refractivity contribution is -0.139. The van der Waals surface area contributed by atoms with Gasteiger partial charge in [0.2, 0.25) is 5.91 Å². The minimum Gasteiger partial charge on any atom is -0.458 e. The van der Waals surface area contributed by atoms with Crippen molar-refractivity contribution in [3.05, 3.63) is 47.5 Å². The number of esters is 1. The number of nitrogens with two attached hydrogens (primary N) is 1. The quantitative estimate of drug-likeness (QED) is 0.622. The van der Waals surface area contributed by atoms with E-state index in [1.54, 1.807) is 30.3 Å². The molecular weight excluding hydrogens is 218 g/mol. The summed E-state index contributed by atoms with van der Waals surface area (Å²) in [7, 11) is 0. The average molecular weight is 233 g/mol. The molecule has 0 atom stereocenters. The van der Waals surface area contributed by atoms with Gasteiger partial charge in [-0.1, -0.05) is 25.1 Å². The molecule has 0 bridgehead atoms. The average Bonchev–Trinajstić information content (AvgIpc) is 2.34. The fourth-order valence-corrected chi connectivity index (χ4v) is 1.18. The maximum atomic E-state index is 11.2. The molecule has 0 aromatic heterocycles. The van der Waals surface area contributed by atoms with E-state index in [0.717, 1.165) is 12.0 Å². The Labute approximate surface area is 100 Å². The number of benzene rings is 1. The summed E-state index contributed by atoms with van der Waals surface area (Å²) in [5, 5.41) is 0. The first-order chi connectivity index (χ1) is 8.13. The SMILES string of the molecule is CC/C=C/C(=O)OCc1ccc(C(N)=O)cc1. The molecule has 4 heteroatoms. The number of hydrogen-bond acceptors (Lipinski definition) is 3. The first kappa shape index (κ1) is 13.0. The Hall–Kier alpha value is -2.10. The van der Waals surface area contributed by atoms with E-state index >= 15 is 0 Å². The van der Waals surface area contributed by atoms with Gasteiger partial charge in [0, 0.05) is 11.6 Å². The molecule has 1 rings (SSSR count). The molecule has 2 N–H and O–H groups in total. The monoisotopic (exact) mass is 233 g/mol. The molecule has 0 fully saturated rings. The number of carbonyl (C=O) groups is 2. The van der Waals surface area contributed by atoms with Gasteiger partial charge in [-0.05, 0) is 24.1 Å². The second kappa shape index (κ2) is 6.48. The molecule has 0 saturated heterocycles. The number of rotatable bonds is 5. The third kappa shape index (κ3) is 4.51. The minimum absolute atomic E-state index is 0.186. The van der Waals surface area contributed by atoms with Crippen LogP contribution in [0.25, 0.3) is 0 Å². The van der Waals surface area contributed by atoms with Gasteiger partial charge in [-0.2, -0.15) is 0 Å². The normalized spacial score (nSPS) is 10.4. The Kier molecular flexibility index (Phi) is 4.94. The predicted octanol–water partition coefficient (Wildman–Crippen LogP) is 1.79. The lowest BCUT2D eigenvalue weighted by atomic mass is 10.1. The van der Waals surface area contributed by atoms with Crippen molar-refractivity contribution in [2.75, 3.05) is 0 Å². The number of amides is 1. The van der Waals surface area contributed by atoms with E-state index in [4.69, 9.17) is 10.5 Å². The van der Waals surface area contributed by atoms with Crippen LogP contribution in [0.1, 0.15) is 29.3 Å². The summed E-state index contributed by atoms with van der Waals surface area (Å²) in [5.41, 5.74) is 6.36. The van der Waals surface area contributed by atoms with E-state index in [-0.39, 0.29) is 12.6 Å². The second-order valence-electron chi connectivity index (χ2n) is 3.48. The third-order valence-electron chi connectivity index (χ3n) is 2.11. The van der Waals surface area contributed by atoms with Gasteiger partial charge < -0.3 is 10.5 Å². The molecule has 1 aromatic carbocycles. The van der Waals surface area contributed by atoms with Gasteiger partial charge in [0.1, 0.15) is 6.61 Å². The second-order valence-corrected chi connectivity index (χ2v) is 3.48. The lowest BCUT2D eigenvalue weighted by Crippen LogP contribution is -2.10. The topological polar surface area (TPSA) is 69.4 Å². The van der Waals surface area contributed by atoms with Crippen LogP contribution < -0.4 is 5.73 Å². The van der Waals surface area contributed by atoms with Crippen molar-refractivity contribution >= 4 is 11.9 Å². The number of primary amides is 1. The van der Waals surface area contributed by atoms with Gasteiger partial charge >= 0.3 is 5.97 Å². The van der Waals surface area contributed by atoms with Crippen molar-refractivity contribution in [1.29, 1.82) is 0 Å². The summed E-state index contributed by atoms with van der Waals surface area (Å²) in [5.74, 6) is -0.842. The van der Waals surface area contributed by atoms with Gasteiger partial charge in [-0.25, -0.2) is 4.79 Å². The van der Waals surface area contributed by atoms with E-state index in [1.165, 1.54) is 6.08 Å². The first-order valence-electron chi connectivity index (χ1n) is 5.35. The number of allylic oxidation sites excluding steroid dienone is 1. The molecule has 0 saturated carbocycles. The summed E-state index contributed by atoms with van der Waals surface area (Å²) >= 11 is 0. The molecule has 90 valence electrons. The maximum absolute atomic E-state index is 11.2. The van der Waals surface area contributed by atoms with Crippen molar-refractivity contribution in [1.82, 2.24) is 0 Å². The Morgan fingerprint density at radius 1 is 1.29 bits per heavy atom. The fourth-order valence-electron chi connectivity index (χ4n) is 1.18. The molecule has 17 heavy (non-hydrogen) atoms. The number of carbonyl (C=O) groups excluding carboxylic acids is 2. The zero-order valence-corrected chi connectivity index (χ0v) is 9.68. The zero-order valence-electron chi connectivity index (χ0n) is 9.68. The van der Waals surface area contributed by atoms with Crippen molar-refractivity contribution in [2.45, 2.75) is 20.0 Å². The van der Waals surface area contributed by atoms with Crippen LogP contribution in [0.15, 0.2) is 36.4 Å². The van der Waals surface area contributed by atoms with Gasteiger partial charge in [0.05, 0.1) is 0 Å². The van der Waals surface area contributed by atoms with E-state index in [0.29, 0.717) is 5.56 Å². The fraction of sp³-hybridized carbons (Fsp3) is 0.231. The highest BCUT2D eigenvalue weighted by molar-refractivity contribution is 5.92. The summed E-state index contributed by atoms with van der Waals surface area (Å²) in [6, 6.07) is 6.62. The smallest absolute Gasteiger partial charge is 0.330 e. The molecule has 0 heterocycles. The minimum atomic E-state index is -0.473. The molecular formula is C13H15NO3. The van der Waals surface area contributed by atoms with E-state index < -0.39 is 5.91 Å². The summed E-state index contributed by atoms with van der Waals surface area (Å²) in [4.78, 5) is 22.0. The van der Waals surface area contributed by atoms with Crippen molar-refractivity contribution < 1.29 is 14.3 Å². The highest BCUT2D eigenvalue weighted by atomic mass is 16.5. The van der Waals surface area contributed by atoms with Crippen LogP contribution in [0.4, 0.5) is 0 Å². The van der Waals surface area contributed by atoms with E-state index in [9.17, 15) is 9.59 Å². The van der Waals surface area contributed by atoms with Gasteiger partial charge in [-0.15, -0.1) is 0 Å². The molecule has 0 unspecified atom stereocenters. The van der Waals surface area contributed by atoms with Crippen LogP contribution >= 0.6 is 0 Å². The number of ether oxygens (including phenoxy) is 1. The van der Waals surface area contributed by atoms with Gasteiger partial charge in [-0.3, -0.25) is 4.79 Å². The first-order valence-corrected chi connectivity index (χ1v) is 5.35. The molecule has 0 spiro atoms. The van der Waals surface area contributed by atoms with Crippen LogP contribution in [0, 0.1) is 0 Å². The summed E-state index contributed by atoms with van der Waals surface area (Å²) in [6.45, 7) is 2.12. The van der Waals surface area contributed by atoms with Gasteiger partial charge in [0.25, 0.3) is 0 Å². The largest absolute Gasteiger partial charge is 0.458 e. The van der Waals surface area contributed by atoms with Crippen molar-refractivity contribution in [3.63, 3.8) is 0 Å². The molecule has 0 radical (unpaired) electrons. The summed E-state index contributed by atoms with van der Waals surface area (Å²) in [6.07, 6.45) is 3.93. The third-order valence-corrected chi connectivity index (χ3v) is 2.11. The van der Waals surface area contributed by atoms with Crippen LogP contribution in [0.5, 0.6) is 0 Å². The molecule has 0 aliphatic rings. The molecule has 0 aliphatic carbocycles. The Bertz CT molecular complexity index is 421. The van der Waals surface area contributed by atoms with E-state index in [1.807, 2.05) is 6.92 Å². The highest BCUT2D eigenvalue weighted by Crippen LogP contribution is 2.05. The zero-order chi connectivity index (χ0) is 12.7. The Balaban J connectivity index is 2.50. The Morgan fingerprint density at radius 2 is 1.94 bits per heavy atom. The predicted molar refractivity (Wildman–Crippen MR) is 64.2 cm³/mol. The van der Waals surface area contributed by atoms with Crippen LogP contribution in [-0.4, -0.2) is 11.9 Å². The molecule has 4 nitrogen and oxygen atoms in total. The lowest BCUT2D eigenvalue weighted by Gasteiger charge is -2.02. The molecule has 1 aromatic rings. The van der Waals surface area contributed by atoms with Crippen LogP contribution in [0.3, 0.4) is 0 Å². The maximum Gasteiger partial charge on any atom is 0.330 e. The van der Waals surface area contributed by atoms with Crippen LogP contribution in [-0.2, 0) is 16.1 Å². The number of hydrogen-bond donors (Lipinski definition) is 1. The standard InChI is InChI=1S/C13H15NO3/c1-2-3-4-12(15)17-9-10-5-7-11(8-6-10)13(14)16/h3-8H,2,9H2,1H3,(H2,14,16)/b4-3+. The Morgan fingerprint density at radius 3 is 2.47 bits per heavy atom.